The maximum absolute atomic E-state index is 12.0. The molecule has 2 aromatic rings. The van der Waals surface area contributed by atoms with Crippen LogP contribution in [0, 0.1) is 13.8 Å². The Morgan fingerprint density at radius 1 is 1.09 bits per heavy atom. The maximum Gasteiger partial charge on any atom is 0.226 e. The van der Waals surface area contributed by atoms with E-state index in [-0.39, 0.29) is 5.91 Å². The Bertz CT molecular complexity index is 653. The second-order valence-electron chi connectivity index (χ2n) is 5.30. The highest BCUT2D eigenvalue weighted by Gasteiger charge is 2.05. The molecular formula is C18H22N2O2. The molecule has 0 spiro atoms. The van der Waals surface area contributed by atoms with E-state index < -0.39 is 0 Å². The van der Waals surface area contributed by atoms with Crippen LogP contribution in [0.3, 0.4) is 0 Å². The second-order valence-corrected chi connectivity index (χ2v) is 5.30. The van der Waals surface area contributed by atoms with E-state index in [1.807, 2.05) is 56.3 Å². The average molecular weight is 298 g/mol. The lowest BCUT2D eigenvalue weighted by molar-refractivity contribution is -0.115. The molecule has 4 heteroatoms. The van der Waals surface area contributed by atoms with Gasteiger partial charge in [-0.25, -0.2) is 0 Å². The normalized spacial score (nSPS) is 10.1. The van der Waals surface area contributed by atoms with Gasteiger partial charge in [0.2, 0.25) is 5.91 Å². The van der Waals surface area contributed by atoms with Crippen LogP contribution in [0.25, 0.3) is 0 Å². The molecule has 0 aliphatic heterocycles. The van der Waals surface area contributed by atoms with Crippen LogP contribution in [-0.4, -0.2) is 19.6 Å². The Labute approximate surface area is 131 Å². The molecule has 0 unspecified atom stereocenters. The number of amides is 1. The van der Waals surface area contributed by atoms with Gasteiger partial charge in [0.15, 0.2) is 0 Å². The summed E-state index contributed by atoms with van der Waals surface area (Å²) < 4.78 is 5.30. The monoisotopic (exact) mass is 298 g/mol. The molecule has 0 aromatic heterocycles. The van der Waals surface area contributed by atoms with Gasteiger partial charge in [0.25, 0.3) is 0 Å². The number of methoxy groups -OCH3 is 1. The molecule has 116 valence electrons. The van der Waals surface area contributed by atoms with Crippen molar-refractivity contribution in [1.82, 2.24) is 0 Å². The molecule has 0 saturated carbocycles. The fourth-order valence-electron chi connectivity index (χ4n) is 2.22. The van der Waals surface area contributed by atoms with E-state index in [9.17, 15) is 4.79 Å². The standard InChI is InChI=1S/C18H22N2O2/c1-13-5-4-6-15(11-13)20-18(21)9-10-19-16-12-14(2)7-8-17(16)22-3/h4-8,11-12,19H,9-10H2,1-3H3,(H,20,21). The van der Waals surface area contributed by atoms with E-state index in [0.29, 0.717) is 13.0 Å². The Hall–Kier alpha value is -2.49. The van der Waals surface area contributed by atoms with Crippen molar-refractivity contribution in [2.24, 2.45) is 0 Å². The number of hydrogen-bond acceptors (Lipinski definition) is 3. The quantitative estimate of drug-likeness (QED) is 0.854. The lowest BCUT2D eigenvalue weighted by Gasteiger charge is -2.12. The number of benzene rings is 2. The van der Waals surface area contributed by atoms with Crippen molar-refractivity contribution in [2.45, 2.75) is 20.3 Å². The van der Waals surface area contributed by atoms with Crippen LogP contribution in [0.2, 0.25) is 0 Å². The zero-order valence-electron chi connectivity index (χ0n) is 13.3. The molecule has 22 heavy (non-hydrogen) atoms. The van der Waals surface area contributed by atoms with Crippen molar-refractivity contribution in [3.8, 4) is 5.75 Å². The predicted molar refractivity (Wildman–Crippen MR) is 90.6 cm³/mol. The molecule has 0 aliphatic rings. The molecule has 0 heterocycles. The summed E-state index contributed by atoms with van der Waals surface area (Å²) >= 11 is 0. The van der Waals surface area contributed by atoms with Gasteiger partial charge in [-0.15, -0.1) is 0 Å². The first-order valence-corrected chi connectivity index (χ1v) is 7.33. The van der Waals surface area contributed by atoms with Gasteiger partial charge >= 0.3 is 0 Å². The molecule has 2 rings (SSSR count). The number of nitrogens with one attached hydrogen (secondary N) is 2. The number of carbonyl (C=O) groups excluding carboxylic acids is 1. The van der Waals surface area contributed by atoms with E-state index in [2.05, 4.69) is 10.6 Å². The fourth-order valence-corrected chi connectivity index (χ4v) is 2.22. The van der Waals surface area contributed by atoms with Crippen LogP contribution in [0.1, 0.15) is 17.5 Å². The van der Waals surface area contributed by atoms with Crippen molar-refractivity contribution >= 4 is 17.3 Å². The number of anilines is 2. The summed E-state index contributed by atoms with van der Waals surface area (Å²) in [6, 6.07) is 13.7. The average Bonchev–Trinajstić information content (AvgIpc) is 2.47. The van der Waals surface area contributed by atoms with Gasteiger partial charge in [-0.1, -0.05) is 18.2 Å². The van der Waals surface area contributed by atoms with Crippen LogP contribution in [0.5, 0.6) is 5.75 Å². The number of rotatable bonds is 6. The molecule has 2 aromatic carbocycles. The second kappa shape index (κ2) is 7.50. The lowest BCUT2D eigenvalue weighted by Crippen LogP contribution is -2.16. The minimum atomic E-state index is -0.00952. The maximum atomic E-state index is 12.0. The molecule has 0 saturated heterocycles. The summed E-state index contributed by atoms with van der Waals surface area (Å²) in [4.78, 5) is 12.0. The first-order chi connectivity index (χ1) is 10.6. The highest BCUT2D eigenvalue weighted by Crippen LogP contribution is 2.25. The smallest absolute Gasteiger partial charge is 0.226 e. The third-order valence-electron chi connectivity index (χ3n) is 3.32. The SMILES string of the molecule is COc1ccc(C)cc1NCCC(=O)Nc1cccc(C)c1. The van der Waals surface area contributed by atoms with Crippen LogP contribution in [0.4, 0.5) is 11.4 Å². The Morgan fingerprint density at radius 3 is 2.59 bits per heavy atom. The molecule has 0 fully saturated rings. The summed E-state index contributed by atoms with van der Waals surface area (Å²) in [5, 5.41) is 6.15. The largest absolute Gasteiger partial charge is 0.495 e. The molecule has 0 atom stereocenters. The Balaban J connectivity index is 1.86. The minimum Gasteiger partial charge on any atom is -0.495 e. The highest BCUT2D eigenvalue weighted by molar-refractivity contribution is 5.91. The molecule has 0 radical (unpaired) electrons. The molecule has 1 amide bonds. The van der Waals surface area contributed by atoms with Crippen LogP contribution >= 0.6 is 0 Å². The minimum absolute atomic E-state index is 0.00952. The van der Waals surface area contributed by atoms with E-state index in [4.69, 9.17) is 4.74 Å². The summed E-state index contributed by atoms with van der Waals surface area (Å²) in [6.45, 7) is 4.58. The fraction of sp³-hybridized carbons (Fsp3) is 0.278. The number of carbonyl (C=O) groups is 1. The number of hydrogen-bond donors (Lipinski definition) is 2. The van der Waals surface area contributed by atoms with Crippen molar-refractivity contribution in [3.63, 3.8) is 0 Å². The van der Waals surface area contributed by atoms with Gasteiger partial charge in [0.1, 0.15) is 5.75 Å². The lowest BCUT2D eigenvalue weighted by atomic mass is 10.2. The van der Waals surface area contributed by atoms with Crippen molar-refractivity contribution in [3.05, 3.63) is 53.6 Å². The first kappa shape index (κ1) is 15.9. The Morgan fingerprint density at radius 2 is 1.86 bits per heavy atom. The zero-order chi connectivity index (χ0) is 15.9. The zero-order valence-corrected chi connectivity index (χ0v) is 13.3. The first-order valence-electron chi connectivity index (χ1n) is 7.33. The van der Waals surface area contributed by atoms with Gasteiger partial charge in [0.05, 0.1) is 12.8 Å². The summed E-state index contributed by atoms with van der Waals surface area (Å²) in [6.07, 6.45) is 0.394. The predicted octanol–water partition coefficient (Wildman–Crippen LogP) is 3.75. The van der Waals surface area contributed by atoms with Gasteiger partial charge in [0, 0.05) is 18.7 Å². The summed E-state index contributed by atoms with van der Waals surface area (Å²) in [7, 11) is 1.64. The third kappa shape index (κ3) is 4.52. The van der Waals surface area contributed by atoms with Crippen molar-refractivity contribution < 1.29 is 9.53 Å². The van der Waals surface area contributed by atoms with Crippen LogP contribution in [0.15, 0.2) is 42.5 Å². The summed E-state index contributed by atoms with van der Waals surface area (Å²) in [5.41, 5.74) is 4.01. The van der Waals surface area contributed by atoms with E-state index in [1.165, 1.54) is 0 Å². The van der Waals surface area contributed by atoms with Gasteiger partial charge in [-0.3, -0.25) is 4.79 Å². The molecular weight excluding hydrogens is 276 g/mol. The van der Waals surface area contributed by atoms with Gasteiger partial charge < -0.3 is 15.4 Å². The topological polar surface area (TPSA) is 50.4 Å². The molecule has 2 N–H and O–H groups in total. The number of ether oxygens (including phenoxy) is 1. The van der Waals surface area contributed by atoms with Crippen LogP contribution in [-0.2, 0) is 4.79 Å². The van der Waals surface area contributed by atoms with E-state index in [0.717, 1.165) is 28.3 Å². The number of aryl methyl sites for hydroxylation is 2. The third-order valence-corrected chi connectivity index (χ3v) is 3.32. The molecule has 4 nitrogen and oxygen atoms in total. The highest BCUT2D eigenvalue weighted by atomic mass is 16.5. The van der Waals surface area contributed by atoms with Gasteiger partial charge in [-0.2, -0.15) is 0 Å². The van der Waals surface area contributed by atoms with Crippen molar-refractivity contribution in [1.29, 1.82) is 0 Å². The molecule has 0 bridgehead atoms. The van der Waals surface area contributed by atoms with Crippen molar-refractivity contribution in [2.75, 3.05) is 24.3 Å². The summed E-state index contributed by atoms with van der Waals surface area (Å²) in [5.74, 6) is 0.773. The van der Waals surface area contributed by atoms with E-state index in [1.54, 1.807) is 7.11 Å². The van der Waals surface area contributed by atoms with Gasteiger partial charge in [-0.05, 0) is 49.2 Å². The van der Waals surface area contributed by atoms with Crippen LogP contribution < -0.4 is 15.4 Å². The Kier molecular flexibility index (Phi) is 5.42. The molecule has 0 aliphatic carbocycles. The van der Waals surface area contributed by atoms with E-state index >= 15 is 0 Å².